The van der Waals surface area contributed by atoms with Gasteiger partial charge >= 0.3 is 6.03 Å². The Hall–Kier alpha value is -1.57. The molecule has 0 aromatic carbocycles. The molecule has 7 nitrogen and oxygen atoms in total. The minimum Gasteiger partial charge on any atom is -0.416 e. The molecule has 2 rings (SSSR count). The maximum absolute atomic E-state index is 11.6. The fourth-order valence-corrected chi connectivity index (χ4v) is 2.94. The van der Waals surface area contributed by atoms with Crippen molar-refractivity contribution in [2.45, 2.75) is 56.6 Å². The van der Waals surface area contributed by atoms with E-state index >= 15 is 0 Å². The first-order valence-electron chi connectivity index (χ1n) is 7.73. The normalized spacial score (nSPS) is 15.5. The van der Waals surface area contributed by atoms with Gasteiger partial charge in [-0.3, -0.25) is 10.1 Å². The summed E-state index contributed by atoms with van der Waals surface area (Å²) in [4.78, 5) is 22.9. The molecule has 1 saturated carbocycles. The van der Waals surface area contributed by atoms with Crippen molar-refractivity contribution >= 4 is 23.7 Å². The number of rotatable bonds is 6. The molecular formula is C14H22N4O3S. The van der Waals surface area contributed by atoms with Crippen LogP contribution in [0.25, 0.3) is 0 Å². The first kappa shape index (κ1) is 16.8. The number of hydrogen-bond donors (Lipinski definition) is 2. The molecule has 1 aliphatic carbocycles. The van der Waals surface area contributed by atoms with Crippen LogP contribution in [-0.2, 0) is 4.79 Å². The third kappa shape index (κ3) is 5.32. The number of carbonyl (C=O) groups is 2. The van der Waals surface area contributed by atoms with Gasteiger partial charge < -0.3 is 9.73 Å². The standard InChI is InChI=1S/C14H22N4O3S/c1-2-8-15-13(20)16-11(19)9-22-14-18-17-12(21-14)10-6-4-3-5-7-10/h10H,2-9H2,1H3,(H2,15,16,19,20). The quantitative estimate of drug-likeness (QED) is 0.779. The van der Waals surface area contributed by atoms with Crippen LogP contribution in [-0.4, -0.2) is 34.4 Å². The van der Waals surface area contributed by atoms with Gasteiger partial charge in [-0.05, 0) is 19.3 Å². The Morgan fingerprint density at radius 2 is 2.05 bits per heavy atom. The fourth-order valence-electron chi connectivity index (χ4n) is 2.37. The van der Waals surface area contributed by atoms with Gasteiger partial charge in [0.1, 0.15) is 0 Å². The monoisotopic (exact) mass is 326 g/mol. The molecule has 8 heteroatoms. The number of nitrogens with zero attached hydrogens (tertiary/aromatic N) is 2. The van der Waals surface area contributed by atoms with E-state index in [0.29, 0.717) is 23.6 Å². The van der Waals surface area contributed by atoms with Gasteiger partial charge in [-0.15, -0.1) is 10.2 Å². The Labute approximate surface area is 134 Å². The Kier molecular flexibility index (Phi) is 6.70. The topological polar surface area (TPSA) is 97.1 Å². The molecule has 0 spiro atoms. The second-order valence-corrected chi connectivity index (χ2v) is 6.26. The Morgan fingerprint density at radius 1 is 1.27 bits per heavy atom. The van der Waals surface area contributed by atoms with E-state index in [1.54, 1.807) is 0 Å². The first-order valence-corrected chi connectivity index (χ1v) is 8.71. The molecule has 22 heavy (non-hydrogen) atoms. The van der Waals surface area contributed by atoms with Crippen LogP contribution in [0, 0.1) is 0 Å². The Bertz CT molecular complexity index is 500. The van der Waals surface area contributed by atoms with Gasteiger partial charge in [-0.25, -0.2) is 4.79 Å². The predicted molar refractivity (Wildman–Crippen MR) is 82.7 cm³/mol. The number of amides is 3. The summed E-state index contributed by atoms with van der Waals surface area (Å²) < 4.78 is 5.60. The van der Waals surface area contributed by atoms with Crippen LogP contribution in [0.5, 0.6) is 0 Å². The zero-order chi connectivity index (χ0) is 15.8. The fraction of sp³-hybridized carbons (Fsp3) is 0.714. The summed E-state index contributed by atoms with van der Waals surface area (Å²) in [5.74, 6) is 0.717. The Balaban J connectivity index is 1.73. The molecule has 1 aromatic heterocycles. The molecule has 1 aliphatic rings. The molecule has 0 aliphatic heterocycles. The molecule has 3 amide bonds. The average Bonchev–Trinajstić information content (AvgIpc) is 3.01. The van der Waals surface area contributed by atoms with E-state index in [2.05, 4.69) is 20.8 Å². The van der Waals surface area contributed by atoms with Gasteiger partial charge in [0.15, 0.2) is 0 Å². The highest BCUT2D eigenvalue weighted by atomic mass is 32.2. The lowest BCUT2D eigenvalue weighted by Gasteiger charge is -2.17. The summed E-state index contributed by atoms with van der Waals surface area (Å²) >= 11 is 1.15. The molecule has 1 heterocycles. The highest BCUT2D eigenvalue weighted by Crippen LogP contribution is 2.32. The largest absolute Gasteiger partial charge is 0.416 e. The van der Waals surface area contributed by atoms with Crippen LogP contribution in [0.15, 0.2) is 9.64 Å². The number of carbonyl (C=O) groups excluding carboxylic acids is 2. The second-order valence-electron chi connectivity index (χ2n) is 5.33. The van der Waals surface area contributed by atoms with Crippen LogP contribution in [0.1, 0.15) is 57.3 Å². The minimum absolute atomic E-state index is 0.0752. The molecule has 1 fully saturated rings. The van der Waals surface area contributed by atoms with Crippen LogP contribution >= 0.6 is 11.8 Å². The molecule has 2 N–H and O–H groups in total. The van der Waals surface area contributed by atoms with Gasteiger partial charge in [0.25, 0.3) is 5.22 Å². The van der Waals surface area contributed by atoms with E-state index < -0.39 is 6.03 Å². The maximum Gasteiger partial charge on any atom is 0.321 e. The molecule has 0 bridgehead atoms. The third-order valence-electron chi connectivity index (χ3n) is 3.49. The van der Waals surface area contributed by atoms with Crippen LogP contribution in [0.3, 0.4) is 0 Å². The van der Waals surface area contributed by atoms with Gasteiger partial charge in [0, 0.05) is 12.5 Å². The zero-order valence-corrected chi connectivity index (χ0v) is 13.6. The number of nitrogens with one attached hydrogen (secondary N) is 2. The van der Waals surface area contributed by atoms with E-state index in [-0.39, 0.29) is 11.7 Å². The number of urea groups is 1. The van der Waals surface area contributed by atoms with Crippen LogP contribution in [0.2, 0.25) is 0 Å². The van der Waals surface area contributed by atoms with E-state index in [4.69, 9.17) is 4.42 Å². The number of imide groups is 1. The average molecular weight is 326 g/mol. The number of hydrogen-bond acceptors (Lipinski definition) is 6. The van der Waals surface area contributed by atoms with E-state index in [1.165, 1.54) is 19.3 Å². The summed E-state index contributed by atoms with van der Waals surface area (Å²) in [7, 11) is 0. The van der Waals surface area contributed by atoms with Crippen molar-refractivity contribution in [1.82, 2.24) is 20.8 Å². The lowest BCUT2D eigenvalue weighted by atomic mass is 9.89. The SMILES string of the molecule is CCCNC(=O)NC(=O)CSc1nnc(C2CCCCC2)o1. The van der Waals surface area contributed by atoms with Crippen molar-refractivity contribution in [2.75, 3.05) is 12.3 Å². The van der Waals surface area contributed by atoms with Crippen molar-refractivity contribution in [2.24, 2.45) is 0 Å². The minimum atomic E-state index is -0.471. The second kappa shape index (κ2) is 8.77. The van der Waals surface area contributed by atoms with Crippen molar-refractivity contribution in [3.8, 4) is 0 Å². The maximum atomic E-state index is 11.6. The van der Waals surface area contributed by atoms with E-state index in [1.807, 2.05) is 6.92 Å². The summed E-state index contributed by atoms with van der Waals surface area (Å²) in [6.45, 7) is 2.48. The number of thioether (sulfide) groups is 1. The highest BCUT2D eigenvalue weighted by Gasteiger charge is 2.21. The lowest BCUT2D eigenvalue weighted by Crippen LogP contribution is -2.40. The van der Waals surface area contributed by atoms with Gasteiger partial charge in [0.2, 0.25) is 11.8 Å². The van der Waals surface area contributed by atoms with E-state index in [9.17, 15) is 9.59 Å². The molecule has 1 aromatic rings. The zero-order valence-electron chi connectivity index (χ0n) is 12.8. The van der Waals surface area contributed by atoms with Gasteiger partial charge in [-0.2, -0.15) is 0 Å². The van der Waals surface area contributed by atoms with Gasteiger partial charge in [0.05, 0.1) is 5.75 Å². The van der Waals surface area contributed by atoms with Crippen molar-refractivity contribution in [3.63, 3.8) is 0 Å². The summed E-state index contributed by atoms with van der Waals surface area (Å²) in [6.07, 6.45) is 6.67. The predicted octanol–water partition coefficient (Wildman–Crippen LogP) is 2.45. The first-order chi connectivity index (χ1) is 10.7. The van der Waals surface area contributed by atoms with Crippen molar-refractivity contribution in [1.29, 1.82) is 0 Å². The summed E-state index contributed by atoms with van der Waals surface area (Å²) in [5.41, 5.74) is 0. The third-order valence-corrected chi connectivity index (χ3v) is 4.31. The lowest BCUT2D eigenvalue weighted by molar-refractivity contribution is -0.117. The van der Waals surface area contributed by atoms with Crippen molar-refractivity contribution < 1.29 is 14.0 Å². The van der Waals surface area contributed by atoms with Gasteiger partial charge in [-0.1, -0.05) is 37.9 Å². The van der Waals surface area contributed by atoms with Crippen LogP contribution in [0.4, 0.5) is 4.79 Å². The van der Waals surface area contributed by atoms with E-state index in [0.717, 1.165) is 31.0 Å². The molecule has 0 atom stereocenters. The Morgan fingerprint density at radius 3 is 2.77 bits per heavy atom. The molecule has 0 saturated heterocycles. The van der Waals surface area contributed by atoms with Crippen LogP contribution < -0.4 is 10.6 Å². The van der Waals surface area contributed by atoms with Crippen molar-refractivity contribution in [3.05, 3.63) is 5.89 Å². The number of aromatic nitrogens is 2. The smallest absolute Gasteiger partial charge is 0.321 e. The molecule has 122 valence electrons. The molecule has 0 unspecified atom stereocenters. The summed E-state index contributed by atoms with van der Waals surface area (Å²) in [6, 6.07) is -0.471. The molecule has 0 radical (unpaired) electrons. The highest BCUT2D eigenvalue weighted by molar-refractivity contribution is 7.99. The summed E-state index contributed by atoms with van der Waals surface area (Å²) in [5, 5.41) is 13.2. The molecular weight excluding hydrogens is 304 g/mol.